The number of carbonyl (C=O) groups is 2. The van der Waals surface area contributed by atoms with Gasteiger partial charge in [0.25, 0.3) is 5.91 Å². The van der Waals surface area contributed by atoms with Crippen molar-refractivity contribution in [3.05, 3.63) is 77.3 Å². The van der Waals surface area contributed by atoms with Crippen molar-refractivity contribution in [1.29, 1.82) is 0 Å². The predicted octanol–water partition coefficient (Wildman–Crippen LogP) is 3.48. The van der Waals surface area contributed by atoms with Crippen molar-refractivity contribution >= 4 is 52.0 Å². The largest absolute Gasteiger partial charge is 0.309 e. The Bertz CT molecular complexity index is 880. The van der Waals surface area contributed by atoms with E-state index in [2.05, 4.69) is 10.3 Å². The Hall–Kier alpha value is -2.77. The number of nitrogens with zero attached hydrogens (tertiary/aromatic N) is 2. The molecule has 0 atom stereocenters. The molecule has 0 bridgehead atoms. The van der Waals surface area contributed by atoms with Crippen LogP contribution >= 0.6 is 24.0 Å². The molecular weight excluding hydrogens is 366 g/mol. The van der Waals surface area contributed by atoms with E-state index in [4.69, 9.17) is 12.2 Å². The number of carbonyl (C=O) groups excluding carboxylic acids is 2. The zero-order valence-corrected chi connectivity index (χ0v) is 15.3. The maximum atomic E-state index is 12.5. The van der Waals surface area contributed by atoms with Crippen molar-refractivity contribution in [3.8, 4) is 0 Å². The average molecular weight is 381 g/mol. The molecular formula is C19H15N3O2S2. The molecule has 7 heteroatoms. The molecule has 26 heavy (non-hydrogen) atoms. The molecule has 0 spiro atoms. The van der Waals surface area contributed by atoms with Crippen LogP contribution in [-0.4, -0.2) is 32.6 Å². The van der Waals surface area contributed by atoms with E-state index in [1.54, 1.807) is 36.5 Å². The number of pyridine rings is 1. The lowest BCUT2D eigenvalue weighted by Crippen LogP contribution is -2.36. The van der Waals surface area contributed by atoms with E-state index >= 15 is 0 Å². The quantitative estimate of drug-likeness (QED) is 0.635. The second kappa shape index (κ2) is 8.55. The predicted molar refractivity (Wildman–Crippen MR) is 108 cm³/mol. The van der Waals surface area contributed by atoms with Gasteiger partial charge in [-0.1, -0.05) is 72.5 Å². The topological polar surface area (TPSA) is 62.3 Å². The van der Waals surface area contributed by atoms with Crippen LogP contribution in [0.25, 0.3) is 6.08 Å². The summed E-state index contributed by atoms with van der Waals surface area (Å²) in [5.41, 5.74) is 1.04. The van der Waals surface area contributed by atoms with Gasteiger partial charge >= 0.3 is 0 Å². The summed E-state index contributed by atoms with van der Waals surface area (Å²) in [7, 11) is 0. The molecule has 2 heterocycles. The van der Waals surface area contributed by atoms with Crippen LogP contribution in [0.15, 0.2) is 71.8 Å². The normalized spacial score (nSPS) is 15.8. The summed E-state index contributed by atoms with van der Waals surface area (Å²) in [5, 5.41) is 2.64. The second-order valence-corrected chi connectivity index (χ2v) is 7.00. The van der Waals surface area contributed by atoms with Crippen LogP contribution in [0.5, 0.6) is 0 Å². The first kappa shape index (κ1) is 18.0. The third kappa shape index (κ3) is 4.65. The first-order valence-corrected chi connectivity index (χ1v) is 9.04. The number of hydrogen-bond donors (Lipinski definition) is 1. The van der Waals surface area contributed by atoms with Gasteiger partial charge in [-0.3, -0.25) is 14.5 Å². The van der Waals surface area contributed by atoms with Crippen molar-refractivity contribution in [2.45, 2.75) is 0 Å². The second-order valence-electron chi connectivity index (χ2n) is 5.32. The molecule has 0 saturated carbocycles. The first-order chi connectivity index (χ1) is 12.6. The average Bonchev–Trinajstić information content (AvgIpc) is 2.91. The lowest BCUT2D eigenvalue weighted by molar-refractivity contribution is -0.126. The van der Waals surface area contributed by atoms with Crippen LogP contribution in [0.2, 0.25) is 0 Å². The SMILES string of the molecule is O=C(CN1C(=O)C(=CC=Cc2ccccc2)SC1=S)Nc1ccccn1. The highest BCUT2D eigenvalue weighted by Gasteiger charge is 2.33. The molecule has 0 unspecified atom stereocenters. The van der Waals surface area contributed by atoms with E-state index in [0.29, 0.717) is 15.0 Å². The lowest BCUT2D eigenvalue weighted by Gasteiger charge is -2.13. The Morgan fingerprint density at radius 1 is 1.19 bits per heavy atom. The number of allylic oxidation sites excluding steroid dienone is 2. The summed E-state index contributed by atoms with van der Waals surface area (Å²) in [6, 6.07) is 15.0. The van der Waals surface area contributed by atoms with E-state index in [1.807, 2.05) is 36.4 Å². The number of anilines is 1. The Balaban J connectivity index is 1.62. The number of rotatable bonds is 5. The van der Waals surface area contributed by atoms with E-state index in [9.17, 15) is 9.59 Å². The molecule has 130 valence electrons. The minimum atomic E-state index is -0.346. The summed E-state index contributed by atoms with van der Waals surface area (Å²) < 4.78 is 0.366. The van der Waals surface area contributed by atoms with Gasteiger partial charge in [-0.15, -0.1) is 0 Å². The molecule has 1 aliphatic heterocycles. The standard InChI is InChI=1S/C19H15N3O2S2/c23-17(21-16-11-4-5-12-20-16)13-22-18(24)15(26-19(22)25)10-6-9-14-7-2-1-3-8-14/h1-12H,13H2,(H,20,21,23). The van der Waals surface area contributed by atoms with Gasteiger partial charge in [0, 0.05) is 6.20 Å². The minimum absolute atomic E-state index is 0.138. The van der Waals surface area contributed by atoms with Crippen LogP contribution in [0.4, 0.5) is 5.82 Å². The van der Waals surface area contributed by atoms with E-state index in [-0.39, 0.29) is 18.4 Å². The molecule has 2 aromatic rings. The van der Waals surface area contributed by atoms with E-state index < -0.39 is 0 Å². The molecule has 0 radical (unpaired) electrons. The lowest BCUT2D eigenvalue weighted by atomic mass is 10.2. The van der Waals surface area contributed by atoms with Gasteiger partial charge < -0.3 is 5.32 Å². The van der Waals surface area contributed by atoms with Gasteiger partial charge in [-0.05, 0) is 23.8 Å². The summed E-state index contributed by atoms with van der Waals surface area (Å²) in [4.78, 5) is 30.4. The maximum Gasteiger partial charge on any atom is 0.266 e. The summed E-state index contributed by atoms with van der Waals surface area (Å²) in [5.74, 6) is -0.181. The molecule has 2 amide bonds. The van der Waals surface area contributed by atoms with E-state index in [0.717, 1.165) is 5.56 Å². The van der Waals surface area contributed by atoms with Crippen molar-refractivity contribution in [1.82, 2.24) is 9.88 Å². The molecule has 1 saturated heterocycles. The van der Waals surface area contributed by atoms with Gasteiger partial charge in [0.2, 0.25) is 5.91 Å². The molecule has 1 N–H and O–H groups in total. The zero-order chi connectivity index (χ0) is 18.4. The number of nitrogens with one attached hydrogen (secondary N) is 1. The van der Waals surface area contributed by atoms with Crippen molar-refractivity contribution < 1.29 is 9.59 Å². The van der Waals surface area contributed by atoms with Crippen LogP contribution in [0.1, 0.15) is 5.56 Å². The number of benzene rings is 1. The Morgan fingerprint density at radius 3 is 2.69 bits per heavy atom. The summed E-state index contributed by atoms with van der Waals surface area (Å²) >= 11 is 6.42. The fourth-order valence-electron chi connectivity index (χ4n) is 2.22. The molecule has 1 aromatic carbocycles. The van der Waals surface area contributed by atoms with Crippen LogP contribution < -0.4 is 5.32 Å². The number of thioether (sulfide) groups is 1. The highest BCUT2D eigenvalue weighted by atomic mass is 32.2. The van der Waals surface area contributed by atoms with Gasteiger partial charge in [0.1, 0.15) is 16.7 Å². The van der Waals surface area contributed by atoms with Crippen LogP contribution in [0.3, 0.4) is 0 Å². The Kier molecular flexibility index (Phi) is 5.93. The van der Waals surface area contributed by atoms with Crippen LogP contribution in [0, 0.1) is 0 Å². The van der Waals surface area contributed by atoms with E-state index in [1.165, 1.54) is 16.7 Å². The molecule has 3 rings (SSSR count). The highest BCUT2D eigenvalue weighted by molar-refractivity contribution is 8.26. The van der Waals surface area contributed by atoms with Crippen molar-refractivity contribution in [2.75, 3.05) is 11.9 Å². The van der Waals surface area contributed by atoms with Gasteiger partial charge in [0.15, 0.2) is 0 Å². The third-order valence-electron chi connectivity index (χ3n) is 3.44. The van der Waals surface area contributed by atoms with Gasteiger partial charge in [0.05, 0.1) is 4.91 Å². The Morgan fingerprint density at radius 2 is 1.96 bits per heavy atom. The first-order valence-electron chi connectivity index (χ1n) is 7.81. The van der Waals surface area contributed by atoms with Crippen molar-refractivity contribution in [3.63, 3.8) is 0 Å². The number of amides is 2. The Labute approximate surface area is 160 Å². The number of aromatic nitrogens is 1. The van der Waals surface area contributed by atoms with Gasteiger partial charge in [-0.2, -0.15) is 0 Å². The van der Waals surface area contributed by atoms with Crippen LogP contribution in [-0.2, 0) is 9.59 Å². The molecule has 1 aliphatic rings. The molecule has 1 aromatic heterocycles. The van der Waals surface area contributed by atoms with Gasteiger partial charge in [-0.25, -0.2) is 4.98 Å². The fraction of sp³-hybridized carbons (Fsp3) is 0.0526. The maximum absolute atomic E-state index is 12.5. The highest BCUT2D eigenvalue weighted by Crippen LogP contribution is 2.30. The molecule has 0 aliphatic carbocycles. The minimum Gasteiger partial charge on any atom is -0.309 e. The fourth-order valence-corrected chi connectivity index (χ4v) is 3.43. The summed E-state index contributed by atoms with van der Waals surface area (Å²) in [6.45, 7) is -0.138. The van der Waals surface area contributed by atoms with Crippen molar-refractivity contribution in [2.24, 2.45) is 0 Å². The molecule has 5 nitrogen and oxygen atoms in total. The summed E-state index contributed by atoms with van der Waals surface area (Å²) in [6.07, 6.45) is 7.00. The molecule has 1 fully saturated rings. The monoisotopic (exact) mass is 381 g/mol. The third-order valence-corrected chi connectivity index (χ3v) is 4.84. The number of hydrogen-bond acceptors (Lipinski definition) is 5. The number of thiocarbonyl (C=S) groups is 1. The smallest absolute Gasteiger partial charge is 0.266 e. The zero-order valence-electron chi connectivity index (χ0n) is 13.7.